The van der Waals surface area contributed by atoms with Crippen LogP contribution in [0, 0.1) is 11.8 Å². The number of hydrogen-bond acceptors (Lipinski definition) is 4. The molecule has 0 spiro atoms. The summed E-state index contributed by atoms with van der Waals surface area (Å²) in [5, 5.41) is 2.38. The monoisotopic (exact) mass is 464 g/mol. The highest BCUT2D eigenvalue weighted by molar-refractivity contribution is 7.99. The maximum atomic E-state index is 12.6. The van der Waals surface area contributed by atoms with E-state index in [0.29, 0.717) is 21.9 Å². The molecule has 0 aliphatic heterocycles. The van der Waals surface area contributed by atoms with E-state index in [-0.39, 0.29) is 4.90 Å². The van der Waals surface area contributed by atoms with E-state index in [1.807, 2.05) is 0 Å². The van der Waals surface area contributed by atoms with Gasteiger partial charge in [-0.3, -0.25) is 4.79 Å². The largest absolute Gasteiger partial charge is 0.744 e. The van der Waals surface area contributed by atoms with Gasteiger partial charge in [-0.25, -0.2) is 8.42 Å². The first kappa shape index (κ1) is 23.3. The number of fused-ring (bicyclic) bond motifs is 2. The molecule has 1 aromatic rings. The van der Waals surface area contributed by atoms with E-state index in [9.17, 15) is 17.8 Å². The van der Waals surface area contributed by atoms with Crippen molar-refractivity contribution < 1.29 is 17.8 Å². The van der Waals surface area contributed by atoms with Crippen LogP contribution >= 0.6 is 0 Å². The van der Waals surface area contributed by atoms with Gasteiger partial charge in [0.15, 0.2) is 11.0 Å². The van der Waals surface area contributed by atoms with E-state index in [0.717, 1.165) is 28.8 Å². The van der Waals surface area contributed by atoms with Crippen molar-refractivity contribution in [2.24, 2.45) is 11.8 Å². The van der Waals surface area contributed by atoms with Gasteiger partial charge in [0.25, 0.3) is 0 Å². The fraction of sp³-hybridized carbons (Fsp3) is 0.720. The Hall–Kier alpha value is -0.850. The van der Waals surface area contributed by atoms with Crippen molar-refractivity contribution in [3.63, 3.8) is 0 Å². The van der Waals surface area contributed by atoms with E-state index in [1.165, 1.54) is 101 Å². The van der Waals surface area contributed by atoms with Crippen LogP contribution in [0.3, 0.4) is 0 Å². The second-order valence-corrected chi connectivity index (χ2v) is 13.9. The lowest BCUT2D eigenvalue weighted by Gasteiger charge is -2.35. The van der Waals surface area contributed by atoms with Gasteiger partial charge in [-0.2, -0.15) is 0 Å². The van der Waals surface area contributed by atoms with E-state index < -0.39 is 10.1 Å². The second-order valence-electron chi connectivity index (χ2n) is 9.85. The first-order valence-corrected chi connectivity index (χ1v) is 15.0. The van der Waals surface area contributed by atoms with Crippen molar-refractivity contribution in [1.29, 1.82) is 0 Å². The molecule has 0 saturated heterocycles. The predicted molar refractivity (Wildman–Crippen MR) is 125 cm³/mol. The summed E-state index contributed by atoms with van der Waals surface area (Å²) in [7, 11) is -3.80. The average molecular weight is 465 g/mol. The molecule has 6 heteroatoms. The summed E-state index contributed by atoms with van der Waals surface area (Å²) in [4.78, 5) is 12.5. The molecule has 0 radical (unpaired) electrons. The third-order valence-corrected chi connectivity index (χ3v) is 12.3. The minimum absolute atomic E-state index is 0.185. The number of benzene rings is 1. The van der Waals surface area contributed by atoms with Crippen molar-refractivity contribution >= 4 is 26.8 Å². The van der Waals surface area contributed by atoms with E-state index in [4.69, 9.17) is 0 Å². The molecule has 0 heterocycles. The molecular formula is C25H36O4S2. The van der Waals surface area contributed by atoms with Gasteiger partial charge < -0.3 is 4.55 Å². The number of ketones is 1. The van der Waals surface area contributed by atoms with E-state index >= 15 is 0 Å². The molecule has 2 bridgehead atoms. The molecule has 5 atom stereocenters. The van der Waals surface area contributed by atoms with Crippen molar-refractivity contribution in [3.05, 3.63) is 30.3 Å². The molecule has 0 amide bonds. The van der Waals surface area contributed by atoms with E-state index in [2.05, 4.69) is 0 Å². The zero-order valence-corrected chi connectivity index (χ0v) is 20.0. The quantitative estimate of drug-likeness (QED) is 0.452. The lowest BCUT2D eigenvalue weighted by molar-refractivity contribution is -0.119. The zero-order valence-electron chi connectivity index (χ0n) is 18.4. The summed E-state index contributed by atoms with van der Waals surface area (Å²) in [6, 6.07) is 7.19. The van der Waals surface area contributed by atoms with Gasteiger partial charge in [-0.15, -0.1) is 0 Å². The third-order valence-electron chi connectivity index (χ3n) is 7.82. The SMILES string of the molecule is O=C1CCCCC1[S+](C1CCCCC1)C1CC2CCC1C2.O=S(=O)([O-])c1ccccc1. The van der Waals surface area contributed by atoms with Gasteiger partial charge in [-0.1, -0.05) is 24.6 Å². The van der Waals surface area contributed by atoms with Crippen LogP contribution in [0.1, 0.15) is 83.5 Å². The Morgan fingerprint density at radius 3 is 2.10 bits per heavy atom. The van der Waals surface area contributed by atoms with Gasteiger partial charge in [0, 0.05) is 29.7 Å². The van der Waals surface area contributed by atoms with Crippen LogP contribution in [0.2, 0.25) is 0 Å². The van der Waals surface area contributed by atoms with Crippen molar-refractivity contribution in [3.8, 4) is 0 Å². The maximum absolute atomic E-state index is 12.6. The molecule has 4 aliphatic carbocycles. The van der Waals surface area contributed by atoms with Crippen molar-refractivity contribution in [1.82, 2.24) is 0 Å². The lowest BCUT2D eigenvalue weighted by Crippen LogP contribution is -2.48. The highest BCUT2D eigenvalue weighted by Crippen LogP contribution is 2.51. The number of rotatable bonds is 4. The Kier molecular flexibility index (Phi) is 7.81. The minimum atomic E-state index is -4.25. The molecule has 1 aromatic carbocycles. The molecule has 4 aliphatic rings. The normalized spacial score (nSPS) is 32.4. The number of hydrogen-bond donors (Lipinski definition) is 0. The van der Waals surface area contributed by atoms with Crippen LogP contribution in [-0.4, -0.2) is 34.5 Å². The Morgan fingerprint density at radius 1 is 0.839 bits per heavy atom. The van der Waals surface area contributed by atoms with Crippen molar-refractivity contribution in [2.75, 3.05) is 0 Å². The average Bonchev–Trinajstić information content (AvgIpc) is 3.40. The minimum Gasteiger partial charge on any atom is -0.744 e. The number of Topliss-reactive ketones (excluding diaryl/α,β-unsaturated/α-hetero) is 1. The maximum Gasteiger partial charge on any atom is 0.184 e. The van der Waals surface area contributed by atoms with Gasteiger partial charge in [0.05, 0.1) is 4.90 Å². The van der Waals surface area contributed by atoms with E-state index in [1.54, 1.807) is 6.07 Å². The molecule has 31 heavy (non-hydrogen) atoms. The summed E-state index contributed by atoms with van der Waals surface area (Å²) >= 11 is 0. The first-order valence-electron chi connectivity index (χ1n) is 12.2. The van der Waals surface area contributed by atoms with Gasteiger partial charge in [0.2, 0.25) is 0 Å². The summed E-state index contributed by atoms with van der Waals surface area (Å²) in [5.74, 6) is 2.71. The molecule has 0 aromatic heterocycles. The highest BCUT2D eigenvalue weighted by atomic mass is 32.2. The molecule has 5 rings (SSSR count). The molecule has 172 valence electrons. The molecule has 5 unspecified atom stereocenters. The predicted octanol–water partition coefficient (Wildman–Crippen LogP) is 5.23. The van der Waals surface area contributed by atoms with Crippen LogP contribution in [-0.2, 0) is 25.8 Å². The molecule has 0 N–H and O–H groups in total. The Morgan fingerprint density at radius 2 is 1.55 bits per heavy atom. The molecule has 4 nitrogen and oxygen atoms in total. The smallest absolute Gasteiger partial charge is 0.184 e. The Labute approximate surface area is 190 Å². The number of carbonyl (C=O) groups excluding carboxylic acids is 1. The summed E-state index contributed by atoms with van der Waals surface area (Å²) in [5.41, 5.74) is 0. The first-order chi connectivity index (χ1) is 14.9. The highest BCUT2D eigenvalue weighted by Gasteiger charge is 2.55. The lowest BCUT2D eigenvalue weighted by atomic mass is 9.98. The summed E-state index contributed by atoms with van der Waals surface area (Å²) in [6.07, 6.45) is 17.9. The fourth-order valence-corrected chi connectivity index (χ4v) is 11.2. The van der Waals surface area contributed by atoms with Gasteiger partial charge >= 0.3 is 0 Å². The second kappa shape index (κ2) is 10.4. The van der Waals surface area contributed by atoms with Crippen LogP contribution in [0.25, 0.3) is 0 Å². The summed E-state index contributed by atoms with van der Waals surface area (Å²) < 4.78 is 30.8. The molecule has 4 saturated carbocycles. The third kappa shape index (κ3) is 5.75. The zero-order chi connectivity index (χ0) is 21.8. The van der Waals surface area contributed by atoms with Crippen LogP contribution in [0.15, 0.2) is 35.2 Å². The standard InChI is InChI=1S/C19H31OS.C6H6O3S/c20-17-8-4-5-9-18(17)21(16-6-2-1-3-7-16)19-13-14-10-11-15(19)12-14;7-10(8,9)6-4-2-1-3-5-6/h14-16,18-19H,1-13H2;1-5H,(H,7,8,9)/q+1;/p-1. The van der Waals surface area contributed by atoms with Crippen LogP contribution < -0.4 is 0 Å². The van der Waals surface area contributed by atoms with Gasteiger partial charge in [0.1, 0.15) is 20.6 Å². The fourth-order valence-electron chi connectivity index (χ4n) is 6.37. The van der Waals surface area contributed by atoms with Crippen molar-refractivity contribution in [2.45, 2.75) is 104 Å². The van der Waals surface area contributed by atoms with Crippen LogP contribution in [0.5, 0.6) is 0 Å². The van der Waals surface area contributed by atoms with Crippen LogP contribution in [0.4, 0.5) is 0 Å². The molecule has 4 fully saturated rings. The topological polar surface area (TPSA) is 74.3 Å². The Balaban J connectivity index is 0.000000196. The number of carbonyl (C=O) groups is 1. The van der Waals surface area contributed by atoms with Gasteiger partial charge in [-0.05, 0) is 82.3 Å². The molecular weight excluding hydrogens is 428 g/mol. The Bertz CT molecular complexity index is 832. The summed E-state index contributed by atoms with van der Waals surface area (Å²) in [6.45, 7) is 0.